The van der Waals surface area contributed by atoms with E-state index in [1.54, 1.807) is 0 Å². The molecule has 1 saturated carbocycles. The lowest BCUT2D eigenvalue weighted by Gasteiger charge is -2.37. The predicted molar refractivity (Wildman–Crippen MR) is 90.6 cm³/mol. The molecular formula is C18H27N3O2. The third-order valence-corrected chi connectivity index (χ3v) is 4.68. The Kier molecular flexibility index (Phi) is 5.51. The highest BCUT2D eigenvalue weighted by atomic mass is 16.5. The average Bonchev–Trinajstić information content (AvgIpc) is 3.40. The summed E-state index contributed by atoms with van der Waals surface area (Å²) in [5.41, 5.74) is 0. The van der Waals surface area contributed by atoms with Crippen LogP contribution in [0.2, 0.25) is 0 Å². The molecule has 0 bridgehead atoms. The Morgan fingerprint density at radius 3 is 2.57 bits per heavy atom. The summed E-state index contributed by atoms with van der Waals surface area (Å²) in [6, 6.07) is 10.4. The Morgan fingerprint density at radius 1 is 1.22 bits per heavy atom. The third kappa shape index (κ3) is 4.94. The normalized spacial score (nSPS) is 20.9. The fraction of sp³-hybridized carbons (Fsp3) is 0.611. The molecule has 126 valence electrons. The Labute approximate surface area is 138 Å². The summed E-state index contributed by atoms with van der Waals surface area (Å²) in [5, 5.41) is 3.10. The molecular weight excluding hydrogens is 290 g/mol. The maximum absolute atomic E-state index is 12.1. The molecule has 0 aromatic heterocycles. The zero-order valence-electron chi connectivity index (χ0n) is 13.9. The highest BCUT2D eigenvalue weighted by Crippen LogP contribution is 2.19. The molecule has 1 heterocycles. The van der Waals surface area contributed by atoms with Crippen molar-refractivity contribution in [3.05, 3.63) is 30.3 Å². The number of carbonyl (C=O) groups is 1. The minimum atomic E-state index is -0.0154. The zero-order chi connectivity index (χ0) is 16.1. The van der Waals surface area contributed by atoms with Crippen molar-refractivity contribution >= 4 is 5.91 Å². The zero-order valence-corrected chi connectivity index (χ0v) is 13.9. The second-order valence-electron chi connectivity index (χ2n) is 6.50. The van der Waals surface area contributed by atoms with Crippen molar-refractivity contribution in [1.82, 2.24) is 15.1 Å². The quantitative estimate of drug-likeness (QED) is 0.824. The first-order valence-electron chi connectivity index (χ1n) is 8.67. The number of para-hydroxylation sites is 1. The Balaban J connectivity index is 1.34. The van der Waals surface area contributed by atoms with Crippen LogP contribution < -0.4 is 10.1 Å². The maximum atomic E-state index is 12.1. The van der Waals surface area contributed by atoms with E-state index in [4.69, 9.17) is 4.74 Å². The standard InChI is InChI=1S/C18H27N3O2/c1-15(18(22)19-16-7-8-16)21-11-9-20(10-12-21)13-14-23-17-5-3-2-4-6-17/h2-6,15-16H,7-14H2,1H3,(H,19,22). The van der Waals surface area contributed by atoms with Crippen LogP contribution in [0.25, 0.3) is 0 Å². The van der Waals surface area contributed by atoms with Crippen molar-refractivity contribution in [2.24, 2.45) is 0 Å². The highest BCUT2D eigenvalue weighted by molar-refractivity contribution is 5.81. The van der Waals surface area contributed by atoms with Gasteiger partial charge >= 0.3 is 0 Å². The van der Waals surface area contributed by atoms with Crippen LogP contribution in [0.4, 0.5) is 0 Å². The third-order valence-electron chi connectivity index (χ3n) is 4.68. The van der Waals surface area contributed by atoms with Crippen molar-refractivity contribution in [1.29, 1.82) is 0 Å². The van der Waals surface area contributed by atoms with Gasteiger partial charge in [0.25, 0.3) is 0 Å². The van der Waals surface area contributed by atoms with Gasteiger partial charge in [-0.25, -0.2) is 0 Å². The number of rotatable bonds is 7. The minimum Gasteiger partial charge on any atom is -0.492 e. The molecule has 1 unspecified atom stereocenters. The molecule has 1 atom stereocenters. The molecule has 0 spiro atoms. The van der Waals surface area contributed by atoms with Crippen LogP contribution in [0.15, 0.2) is 30.3 Å². The van der Waals surface area contributed by atoms with Crippen LogP contribution >= 0.6 is 0 Å². The second kappa shape index (κ2) is 7.79. The topological polar surface area (TPSA) is 44.8 Å². The van der Waals surface area contributed by atoms with E-state index in [-0.39, 0.29) is 11.9 Å². The van der Waals surface area contributed by atoms with Gasteiger partial charge in [-0.05, 0) is 31.9 Å². The van der Waals surface area contributed by atoms with Gasteiger partial charge in [-0.3, -0.25) is 14.6 Å². The molecule has 5 nitrogen and oxygen atoms in total. The Morgan fingerprint density at radius 2 is 1.91 bits per heavy atom. The van der Waals surface area contributed by atoms with E-state index >= 15 is 0 Å². The van der Waals surface area contributed by atoms with E-state index in [2.05, 4.69) is 15.1 Å². The van der Waals surface area contributed by atoms with Gasteiger partial charge in [0.05, 0.1) is 6.04 Å². The number of hydrogen-bond acceptors (Lipinski definition) is 4. The lowest BCUT2D eigenvalue weighted by molar-refractivity contribution is -0.126. The van der Waals surface area contributed by atoms with Crippen LogP contribution in [-0.4, -0.2) is 67.1 Å². The first-order chi connectivity index (χ1) is 11.2. The van der Waals surface area contributed by atoms with E-state index in [1.165, 1.54) is 0 Å². The van der Waals surface area contributed by atoms with Crippen molar-refractivity contribution in [3.8, 4) is 5.75 Å². The summed E-state index contributed by atoms with van der Waals surface area (Å²) in [5.74, 6) is 1.12. The molecule has 1 aliphatic carbocycles. The molecule has 1 N–H and O–H groups in total. The van der Waals surface area contributed by atoms with Crippen LogP contribution in [0.3, 0.4) is 0 Å². The van der Waals surface area contributed by atoms with Crippen molar-refractivity contribution < 1.29 is 9.53 Å². The van der Waals surface area contributed by atoms with Crippen molar-refractivity contribution in [2.75, 3.05) is 39.3 Å². The van der Waals surface area contributed by atoms with E-state index in [1.807, 2.05) is 37.3 Å². The molecule has 2 aliphatic rings. The highest BCUT2D eigenvalue weighted by Gasteiger charge is 2.29. The van der Waals surface area contributed by atoms with E-state index in [0.717, 1.165) is 51.3 Å². The molecule has 2 fully saturated rings. The largest absolute Gasteiger partial charge is 0.492 e. The predicted octanol–water partition coefficient (Wildman–Crippen LogP) is 1.35. The van der Waals surface area contributed by atoms with E-state index in [9.17, 15) is 4.79 Å². The minimum absolute atomic E-state index is 0.0154. The molecule has 23 heavy (non-hydrogen) atoms. The smallest absolute Gasteiger partial charge is 0.237 e. The van der Waals surface area contributed by atoms with Crippen LogP contribution in [-0.2, 0) is 4.79 Å². The number of amides is 1. The Hall–Kier alpha value is -1.59. The summed E-state index contributed by atoms with van der Waals surface area (Å²) in [6.45, 7) is 7.56. The van der Waals surface area contributed by atoms with E-state index < -0.39 is 0 Å². The van der Waals surface area contributed by atoms with Crippen LogP contribution in [0.5, 0.6) is 5.75 Å². The fourth-order valence-corrected chi connectivity index (χ4v) is 2.90. The summed E-state index contributed by atoms with van der Waals surface area (Å²) in [7, 11) is 0. The number of nitrogens with zero attached hydrogens (tertiary/aromatic N) is 2. The fourth-order valence-electron chi connectivity index (χ4n) is 2.90. The number of benzene rings is 1. The molecule has 1 saturated heterocycles. The first-order valence-corrected chi connectivity index (χ1v) is 8.67. The number of carbonyl (C=O) groups excluding carboxylic acids is 1. The Bertz CT molecular complexity index is 496. The van der Waals surface area contributed by atoms with Crippen LogP contribution in [0.1, 0.15) is 19.8 Å². The van der Waals surface area contributed by atoms with E-state index in [0.29, 0.717) is 12.6 Å². The van der Waals surface area contributed by atoms with Gasteiger partial charge in [-0.1, -0.05) is 18.2 Å². The SMILES string of the molecule is CC(C(=O)NC1CC1)N1CCN(CCOc2ccccc2)CC1. The first kappa shape index (κ1) is 16.3. The van der Waals surface area contributed by atoms with Gasteiger partial charge < -0.3 is 10.1 Å². The molecule has 1 aliphatic heterocycles. The summed E-state index contributed by atoms with van der Waals surface area (Å²) >= 11 is 0. The number of piperazine rings is 1. The maximum Gasteiger partial charge on any atom is 0.237 e. The monoisotopic (exact) mass is 317 g/mol. The van der Waals surface area contributed by atoms with Gasteiger partial charge in [0, 0.05) is 38.8 Å². The second-order valence-corrected chi connectivity index (χ2v) is 6.50. The van der Waals surface area contributed by atoms with Crippen LogP contribution in [0, 0.1) is 0 Å². The van der Waals surface area contributed by atoms with Gasteiger partial charge in [0.2, 0.25) is 5.91 Å². The summed E-state index contributed by atoms with van der Waals surface area (Å²) in [4.78, 5) is 16.8. The lowest BCUT2D eigenvalue weighted by Crippen LogP contribution is -2.54. The summed E-state index contributed by atoms with van der Waals surface area (Å²) in [6.07, 6.45) is 2.29. The molecule has 1 amide bonds. The molecule has 1 aromatic rings. The average molecular weight is 317 g/mol. The van der Waals surface area contributed by atoms with Gasteiger partial charge in [0.1, 0.15) is 12.4 Å². The summed E-state index contributed by atoms with van der Waals surface area (Å²) < 4.78 is 5.75. The van der Waals surface area contributed by atoms with Crippen molar-refractivity contribution in [2.45, 2.75) is 31.8 Å². The molecule has 1 aromatic carbocycles. The number of nitrogens with one attached hydrogen (secondary N) is 1. The van der Waals surface area contributed by atoms with Gasteiger partial charge in [-0.15, -0.1) is 0 Å². The van der Waals surface area contributed by atoms with Gasteiger partial charge in [0.15, 0.2) is 0 Å². The van der Waals surface area contributed by atoms with Crippen molar-refractivity contribution in [3.63, 3.8) is 0 Å². The lowest BCUT2D eigenvalue weighted by atomic mass is 10.2. The molecule has 3 rings (SSSR count). The van der Waals surface area contributed by atoms with Gasteiger partial charge in [-0.2, -0.15) is 0 Å². The molecule has 0 radical (unpaired) electrons. The molecule has 5 heteroatoms. The number of hydrogen-bond donors (Lipinski definition) is 1. The number of ether oxygens (including phenoxy) is 1.